The third kappa shape index (κ3) is 9.33. The number of rotatable bonds is 18. The molecule has 9 heteroatoms. The van der Waals surface area contributed by atoms with Gasteiger partial charge in [0.05, 0.1) is 6.61 Å². The first-order valence-corrected chi connectivity index (χ1v) is 13.1. The normalized spacial score (nSPS) is 13.6. The summed E-state index contributed by atoms with van der Waals surface area (Å²) in [6.45, 7) is 11.2. The van der Waals surface area contributed by atoms with E-state index in [9.17, 15) is 8.42 Å². The highest BCUT2D eigenvalue weighted by Gasteiger charge is 2.42. The van der Waals surface area contributed by atoms with E-state index in [0.29, 0.717) is 6.16 Å². The molecule has 0 N–H and O–H groups in total. The van der Waals surface area contributed by atoms with Gasteiger partial charge in [-0.2, -0.15) is 8.42 Å². The molecular weight excluding hydrogens is 397 g/mol. The zero-order valence-electron chi connectivity index (χ0n) is 19.2. The summed E-state index contributed by atoms with van der Waals surface area (Å²) in [6.07, 6.45) is 7.24. The highest BCUT2D eigenvalue weighted by atomic mass is 32.3. The molecule has 0 aromatic carbocycles. The van der Waals surface area contributed by atoms with Gasteiger partial charge in [0.2, 0.25) is 0 Å². The monoisotopic (exact) mass is 441 g/mol. The van der Waals surface area contributed by atoms with Crippen LogP contribution in [0.15, 0.2) is 0 Å². The molecule has 0 bridgehead atoms. The van der Waals surface area contributed by atoms with Crippen LogP contribution in [0.25, 0.3) is 0 Å². The highest BCUT2D eigenvalue weighted by molar-refractivity contribution is 7.85. The summed E-state index contributed by atoms with van der Waals surface area (Å²) in [5.41, 5.74) is 0. The molecular formula is C19H44N3O4PS. The second-order valence-corrected chi connectivity index (χ2v) is 9.68. The Labute approximate surface area is 176 Å². The number of hydrogen-bond acceptors (Lipinski definition) is 7. The van der Waals surface area contributed by atoms with Gasteiger partial charge in [-0.25, -0.2) is 8.15 Å². The second-order valence-electron chi connectivity index (χ2n) is 7.32. The van der Waals surface area contributed by atoms with Crippen LogP contribution in [0, 0.1) is 0 Å². The number of hydrogen-bond donors (Lipinski definition) is 0. The predicted molar refractivity (Wildman–Crippen MR) is 120 cm³/mol. The van der Waals surface area contributed by atoms with E-state index in [0.717, 1.165) is 58.2 Å². The van der Waals surface area contributed by atoms with Gasteiger partial charge in [0.15, 0.2) is 0 Å². The molecule has 28 heavy (non-hydrogen) atoms. The lowest BCUT2D eigenvalue weighted by molar-refractivity contribution is -0.125. The fourth-order valence-electron chi connectivity index (χ4n) is 3.37. The summed E-state index contributed by atoms with van der Waals surface area (Å²) in [5.74, 6) is -0.389. The van der Waals surface area contributed by atoms with Crippen LogP contribution in [-0.2, 0) is 18.6 Å². The van der Waals surface area contributed by atoms with Gasteiger partial charge in [0.1, 0.15) is 5.79 Å². The summed E-state index contributed by atoms with van der Waals surface area (Å²) in [4.78, 5) is 7.10. The van der Waals surface area contributed by atoms with Crippen LogP contribution >= 0.6 is 8.81 Å². The maximum atomic E-state index is 11.9. The lowest BCUT2D eigenvalue weighted by atomic mass is 10.1. The van der Waals surface area contributed by atoms with E-state index in [2.05, 4.69) is 56.6 Å². The molecule has 170 valence electrons. The minimum absolute atomic E-state index is 0.0845. The molecule has 7 nitrogen and oxygen atoms in total. The SMILES string of the molecule is CCCCN(C)C(CPOS(=O)(=O)OCC)(N(C)CCCC)N(C)CCCC. The van der Waals surface area contributed by atoms with E-state index in [-0.39, 0.29) is 21.2 Å². The lowest BCUT2D eigenvalue weighted by Crippen LogP contribution is -2.69. The van der Waals surface area contributed by atoms with Crippen molar-refractivity contribution in [3.63, 3.8) is 0 Å². The maximum absolute atomic E-state index is 11.9. The van der Waals surface area contributed by atoms with Gasteiger partial charge >= 0.3 is 10.4 Å². The summed E-state index contributed by atoms with van der Waals surface area (Å²) < 4.78 is 33.7. The summed E-state index contributed by atoms with van der Waals surface area (Å²) in [7, 11) is 2.30. The van der Waals surface area contributed by atoms with Crippen LogP contribution in [0.3, 0.4) is 0 Å². The van der Waals surface area contributed by atoms with Gasteiger partial charge in [-0.15, -0.1) is 0 Å². The molecule has 0 aliphatic carbocycles. The molecule has 0 amide bonds. The molecule has 0 saturated carbocycles. The van der Waals surface area contributed by atoms with Gasteiger partial charge < -0.3 is 0 Å². The van der Waals surface area contributed by atoms with Crippen molar-refractivity contribution < 1.29 is 16.6 Å². The zero-order valence-corrected chi connectivity index (χ0v) is 21.0. The molecule has 0 radical (unpaired) electrons. The first-order chi connectivity index (χ1) is 13.2. The number of nitrogens with zero attached hydrogens (tertiary/aromatic N) is 3. The lowest BCUT2D eigenvalue weighted by Gasteiger charge is -2.53. The van der Waals surface area contributed by atoms with E-state index in [1.54, 1.807) is 6.92 Å². The first-order valence-electron chi connectivity index (χ1n) is 10.7. The van der Waals surface area contributed by atoms with Gasteiger partial charge in [-0.05, 0) is 47.3 Å². The van der Waals surface area contributed by atoms with Crippen LogP contribution in [0.2, 0.25) is 0 Å². The topological polar surface area (TPSA) is 62.3 Å². The van der Waals surface area contributed by atoms with E-state index in [1.807, 2.05) is 0 Å². The van der Waals surface area contributed by atoms with Crippen molar-refractivity contribution in [1.29, 1.82) is 0 Å². The Morgan fingerprint density at radius 3 is 1.50 bits per heavy atom. The molecule has 0 aliphatic heterocycles. The zero-order chi connectivity index (χ0) is 21.6. The summed E-state index contributed by atoms with van der Waals surface area (Å²) in [5, 5.41) is 0. The molecule has 0 fully saturated rings. The van der Waals surface area contributed by atoms with Gasteiger partial charge in [0.25, 0.3) is 0 Å². The Hall–Kier alpha value is 0.180. The molecule has 0 rings (SSSR count). The highest BCUT2D eigenvalue weighted by Crippen LogP contribution is 2.32. The molecule has 0 saturated heterocycles. The van der Waals surface area contributed by atoms with Crippen molar-refractivity contribution in [3.05, 3.63) is 0 Å². The van der Waals surface area contributed by atoms with Gasteiger partial charge in [-0.1, -0.05) is 40.0 Å². The van der Waals surface area contributed by atoms with Crippen LogP contribution in [0.5, 0.6) is 0 Å². The van der Waals surface area contributed by atoms with Crippen molar-refractivity contribution >= 4 is 19.2 Å². The van der Waals surface area contributed by atoms with E-state index in [4.69, 9.17) is 8.15 Å². The van der Waals surface area contributed by atoms with Crippen molar-refractivity contribution in [2.24, 2.45) is 0 Å². The Morgan fingerprint density at radius 1 is 0.786 bits per heavy atom. The van der Waals surface area contributed by atoms with Crippen LogP contribution in [-0.4, -0.2) is 82.5 Å². The minimum atomic E-state index is -3.93. The van der Waals surface area contributed by atoms with Crippen molar-refractivity contribution in [2.45, 2.75) is 72.0 Å². The van der Waals surface area contributed by atoms with E-state index >= 15 is 0 Å². The maximum Gasteiger partial charge on any atom is 0.402 e. The average Bonchev–Trinajstić information content (AvgIpc) is 2.65. The quantitative estimate of drug-likeness (QED) is 0.237. The Balaban J connectivity index is 5.64. The average molecular weight is 442 g/mol. The molecule has 0 aromatic rings. The molecule has 0 aromatic heterocycles. The second kappa shape index (κ2) is 15.1. The van der Waals surface area contributed by atoms with Crippen molar-refractivity contribution in [2.75, 3.05) is 53.5 Å². The summed E-state index contributed by atoms with van der Waals surface area (Å²) in [6, 6.07) is 0. The Morgan fingerprint density at radius 2 is 1.18 bits per heavy atom. The van der Waals surface area contributed by atoms with Gasteiger partial charge in [0, 0.05) is 34.6 Å². The van der Waals surface area contributed by atoms with Crippen LogP contribution in [0.4, 0.5) is 0 Å². The van der Waals surface area contributed by atoms with E-state index < -0.39 is 10.4 Å². The Kier molecular flexibility index (Phi) is 15.1. The minimum Gasteiger partial charge on any atom is -0.276 e. The van der Waals surface area contributed by atoms with E-state index in [1.165, 1.54) is 0 Å². The smallest absolute Gasteiger partial charge is 0.276 e. The fourth-order valence-corrected chi connectivity index (χ4v) is 5.67. The van der Waals surface area contributed by atoms with Crippen LogP contribution < -0.4 is 0 Å². The largest absolute Gasteiger partial charge is 0.402 e. The number of unbranched alkanes of at least 4 members (excludes halogenated alkanes) is 3. The molecule has 1 atom stereocenters. The predicted octanol–water partition coefficient (Wildman–Crippen LogP) is 3.73. The molecule has 0 spiro atoms. The van der Waals surface area contributed by atoms with Gasteiger partial charge in [-0.3, -0.25) is 14.7 Å². The molecule has 1 unspecified atom stereocenters. The van der Waals surface area contributed by atoms with Crippen molar-refractivity contribution in [3.8, 4) is 0 Å². The first kappa shape index (κ1) is 28.2. The van der Waals surface area contributed by atoms with Crippen molar-refractivity contribution in [1.82, 2.24) is 14.7 Å². The summed E-state index contributed by atoms with van der Waals surface area (Å²) >= 11 is 0. The third-order valence-corrected chi connectivity index (χ3v) is 7.54. The standard InChI is InChI=1S/C19H44N3O4PS/c1-8-12-15-20(5)19(21(6)16-13-9-2,22(7)17-14-10-3)18-27-26-28(23,24)25-11-4/h27H,8-18H2,1-7H3. The molecule has 0 aliphatic rings. The Bertz CT molecular complexity index is 458. The van der Waals surface area contributed by atoms with Crippen LogP contribution in [0.1, 0.15) is 66.2 Å². The fraction of sp³-hybridized carbons (Fsp3) is 1.00. The molecule has 0 heterocycles. The third-order valence-electron chi connectivity index (χ3n) is 5.11.